The van der Waals surface area contributed by atoms with Crippen LogP contribution in [0.15, 0.2) is 6.20 Å². The Morgan fingerprint density at radius 2 is 2.10 bits per heavy atom. The van der Waals surface area contributed by atoms with E-state index in [0.717, 1.165) is 52.2 Å². The number of carbonyl (C=O) groups excluding carboxylic acids is 1. The zero-order chi connectivity index (χ0) is 13.9. The Hall–Kier alpha value is -1.47. The molecular weight excluding hydrogens is 256 g/mol. The van der Waals surface area contributed by atoms with Gasteiger partial charge in [-0.05, 0) is 13.0 Å². The van der Waals surface area contributed by atoms with E-state index in [-0.39, 0.29) is 5.91 Å². The molecule has 0 bridgehead atoms. The van der Waals surface area contributed by atoms with E-state index < -0.39 is 0 Å². The summed E-state index contributed by atoms with van der Waals surface area (Å²) in [6.07, 6.45) is 2.95. The average molecular weight is 278 g/mol. The summed E-state index contributed by atoms with van der Waals surface area (Å²) in [6, 6.07) is 0.352. The first-order chi connectivity index (χ1) is 9.78. The normalized spacial score (nSPS) is 20.9. The average Bonchev–Trinajstić information content (AvgIpc) is 2.86. The molecule has 0 aromatic carbocycles. The van der Waals surface area contributed by atoms with Gasteiger partial charge in [-0.15, -0.1) is 5.10 Å². The van der Waals surface area contributed by atoms with Gasteiger partial charge in [0, 0.05) is 39.3 Å². The van der Waals surface area contributed by atoms with E-state index in [1.807, 2.05) is 4.90 Å². The summed E-state index contributed by atoms with van der Waals surface area (Å²) in [5.74, 6) is 0.0136. The highest BCUT2D eigenvalue weighted by molar-refractivity contribution is 5.92. The van der Waals surface area contributed by atoms with E-state index in [9.17, 15) is 4.79 Å². The van der Waals surface area contributed by atoms with Crippen LogP contribution in [-0.4, -0.2) is 76.5 Å². The molecule has 2 aliphatic rings. The number of hydrogen-bond donors (Lipinski definition) is 1. The fourth-order valence-electron chi connectivity index (χ4n) is 2.67. The van der Waals surface area contributed by atoms with Crippen molar-refractivity contribution in [1.29, 1.82) is 0 Å². The molecule has 20 heavy (non-hydrogen) atoms. The maximum Gasteiger partial charge on any atom is 0.276 e. The first kappa shape index (κ1) is 13.5. The molecule has 1 amide bonds. The van der Waals surface area contributed by atoms with Crippen molar-refractivity contribution < 1.29 is 4.79 Å². The molecular formula is C13H22N6O. The van der Waals surface area contributed by atoms with Crippen molar-refractivity contribution in [3.8, 4) is 0 Å². The molecule has 0 atom stereocenters. The Bertz CT molecular complexity index is 461. The van der Waals surface area contributed by atoms with Crippen molar-refractivity contribution in [3.05, 3.63) is 11.9 Å². The summed E-state index contributed by atoms with van der Waals surface area (Å²) in [5, 5.41) is 11.3. The molecule has 1 N–H and O–H groups in total. The molecule has 2 saturated heterocycles. The van der Waals surface area contributed by atoms with Crippen molar-refractivity contribution in [1.82, 2.24) is 30.1 Å². The Morgan fingerprint density at radius 3 is 2.70 bits per heavy atom. The van der Waals surface area contributed by atoms with E-state index >= 15 is 0 Å². The molecule has 110 valence electrons. The van der Waals surface area contributed by atoms with E-state index in [1.165, 1.54) is 0 Å². The van der Waals surface area contributed by atoms with Gasteiger partial charge in [0.05, 0.1) is 12.2 Å². The summed E-state index contributed by atoms with van der Waals surface area (Å²) < 4.78 is 1.80. The highest BCUT2D eigenvalue weighted by Crippen LogP contribution is 2.12. The van der Waals surface area contributed by atoms with Gasteiger partial charge in [-0.25, -0.2) is 4.68 Å². The van der Waals surface area contributed by atoms with E-state index in [1.54, 1.807) is 10.9 Å². The van der Waals surface area contributed by atoms with Gasteiger partial charge in [-0.1, -0.05) is 12.1 Å². The van der Waals surface area contributed by atoms with Crippen LogP contribution in [0, 0.1) is 0 Å². The molecule has 0 saturated carbocycles. The van der Waals surface area contributed by atoms with Crippen molar-refractivity contribution in [2.45, 2.75) is 19.4 Å². The smallest absolute Gasteiger partial charge is 0.276 e. The maximum absolute atomic E-state index is 12.4. The lowest BCUT2D eigenvalue weighted by atomic mass is 10.2. The third-order valence-corrected chi connectivity index (χ3v) is 4.06. The van der Waals surface area contributed by atoms with Crippen LogP contribution in [0.2, 0.25) is 0 Å². The van der Waals surface area contributed by atoms with Gasteiger partial charge in [0.15, 0.2) is 5.69 Å². The van der Waals surface area contributed by atoms with Crippen LogP contribution in [-0.2, 0) is 0 Å². The molecule has 7 heteroatoms. The minimum atomic E-state index is 0.0136. The van der Waals surface area contributed by atoms with Crippen LogP contribution in [0.25, 0.3) is 0 Å². The summed E-state index contributed by atoms with van der Waals surface area (Å²) in [7, 11) is 0. The number of rotatable bonds is 4. The van der Waals surface area contributed by atoms with Crippen LogP contribution in [0.5, 0.6) is 0 Å². The molecule has 0 radical (unpaired) electrons. The van der Waals surface area contributed by atoms with Gasteiger partial charge >= 0.3 is 0 Å². The molecule has 0 aliphatic carbocycles. The third-order valence-electron chi connectivity index (χ3n) is 4.06. The van der Waals surface area contributed by atoms with Gasteiger partial charge in [0.2, 0.25) is 0 Å². The molecule has 1 aromatic rings. The van der Waals surface area contributed by atoms with Gasteiger partial charge in [-0.2, -0.15) is 0 Å². The predicted octanol–water partition coefficient (Wildman–Crippen LogP) is -0.410. The number of hydrogen-bond acceptors (Lipinski definition) is 5. The highest BCUT2D eigenvalue weighted by atomic mass is 16.2. The lowest BCUT2D eigenvalue weighted by Gasteiger charge is -2.34. The Balaban J connectivity index is 1.57. The lowest BCUT2D eigenvalue weighted by molar-refractivity contribution is 0.0631. The Labute approximate surface area is 118 Å². The topological polar surface area (TPSA) is 66.3 Å². The molecule has 0 spiro atoms. The lowest BCUT2D eigenvalue weighted by Crippen LogP contribution is -2.48. The SMILES string of the molecule is CCCN1CCN(C(=O)c2cn(C3CNC3)nn2)CC1. The molecule has 2 fully saturated rings. The zero-order valence-corrected chi connectivity index (χ0v) is 12.0. The second kappa shape index (κ2) is 5.88. The maximum atomic E-state index is 12.4. The number of carbonyl (C=O) groups is 1. The number of amides is 1. The van der Waals surface area contributed by atoms with Crippen LogP contribution in [0.4, 0.5) is 0 Å². The largest absolute Gasteiger partial charge is 0.335 e. The van der Waals surface area contributed by atoms with Gasteiger partial charge in [0.1, 0.15) is 0 Å². The number of nitrogens with zero attached hydrogens (tertiary/aromatic N) is 5. The third kappa shape index (κ3) is 2.69. The minimum absolute atomic E-state index is 0.0136. The van der Waals surface area contributed by atoms with Crippen LogP contribution in [0.3, 0.4) is 0 Å². The summed E-state index contributed by atoms with van der Waals surface area (Å²) in [5.41, 5.74) is 0.473. The van der Waals surface area contributed by atoms with Crippen LogP contribution in [0.1, 0.15) is 29.9 Å². The Morgan fingerprint density at radius 1 is 1.35 bits per heavy atom. The summed E-state index contributed by atoms with van der Waals surface area (Å²) in [6.45, 7) is 8.62. The molecule has 3 rings (SSSR count). The van der Waals surface area contributed by atoms with Crippen molar-refractivity contribution in [2.24, 2.45) is 0 Å². The number of nitrogens with one attached hydrogen (secondary N) is 1. The van der Waals surface area contributed by atoms with Crippen molar-refractivity contribution in [3.63, 3.8) is 0 Å². The number of piperazine rings is 1. The van der Waals surface area contributed by atoms with Crippen LogP contribution < -0.4 is 5.32 Å². The van der Waals surface area contributed by atoms with Crippen LogP contribution >= 0.6 is 0 Å². The molecule has 0 unspecified atom stereocenters. The second-order valence-electron chi connectivity index (χ2n) is 5.53. The second-order valence-corrected chi connectivity index (χ2v) is 5.53. The van der Waals surface area contributed by atoms with E-state index in [2.05, 4.69) is 27.5 Å². The molecule has 1 aromatic heterocycles. The van der Waals surface area contributed by atoms with Crippen molar-refractivity contribution in [2.75, 3.05) is 45.8 Å². The summed E-state index contributed by atoms with van der Waals surface area (Å²) in [4.78, 5) is 16.7. The standard InChI is InChI=1S/C13H22N6O/c1-2-3-17-4-6-18(7-5-17)13(20)12-10-19(16-15-12)11-8-14-9-11/h10-11,14H,2-9H2,1H3. The fraction of sp³-hybridized carbons (Fsp3) is 0.769. The van der Waals surface area contributed by atoms with Gasteiger partial charge < -0.3 is 10.2 Å². The molecule has 3 heterocycles. The highest BCUT2D eigenvalue weighted by Gasteiger charge is 2.26. The van der Waals surface area contributed by atoms with Crippen molar-refractivity contribution >= 4 is 5.91 Å². The first-order valence-electron chi connectivity index (χ1n) is 7.42. The monoisotopic (exact) mass is 278 g/mol. The van der Waals surface area contributed by atoms with Gasteiger partial charge in [-0.3, -0.25) is 9.69 Å². The van der Waals surface area contributed by atoms with E-state index in [0.29, 0.717) is 11.7 Å². The minimum Gasteiger partial charge on any atom is -0.335 e. The van der Waals surface area contributed by atoms with Gasteiger partial charge in [0.25, 0.3) is 5.91 Å². The number of aromatic nitrogens is 3. The predicted molar refractivity (Wildman–Crippen MR) is 74.6 cm³/mol. The molecule has 2 aliphatic heterocycles. The van der Waals surface area contributed by atoms with E-state index in [4.69, 9.17) is 0 Å². The first-order valence-corrected chi connectivity index (χ1v) is 7.42. The summed E-state index contributed by atoms with van der Waals surface area (Å²) >= 11 is 0. The molecule has 7 nitrogen and oxygen atoms in total. The quantitative estimate of drug-likeness (QED) is 0.811. The Kier molecular flexibility index (Phi) is 3.98. The fourth-order valence-corrected chi connectivity index (χ4v) is 2.67. The zero-order valence-electron chi connectivity index (χ0n) is 12.0.